The fraction of sp³-hybridized carbons (Fsp3) is 0.421. The standard InChI is InChI=1S/C33H47O2P2.C5H5.Fe/c1-19-14-24(15-20(2)29(19)34-12)27-18-26(23(5)37(32(6,7)8)33(9,10)11)31(36)28(27)25-16-21(3)30(35-13)22(4)17-25;1-2-4-5-3-1;/h14-18,23H,36H2,1-13H3;1-5H;/q-1;-5;. The smallest absolute Gasteiger partial charge is 0.123 e. The molecule has 0 aliphatic heterocycles. The summed E-state index contributed by atoms with van der Waals surface area (Å²) in [6.45, 7) is 25.5. The van der Waals surface area contributed by atoms with E-state index in [1.165, 1.54) is 44.2 Å². The monoisotopic (exact) mass is 658 g/mol. The van der Waals surface area contributed by atoms with Gasteiger partial charge >= 0.3 is 0 Å². The molecule has 4 aromatic rings. The van der Waals surface area contributed by atoms with Crippen molar-refractivity contribution in [3.8, 4) is 33.8 Å². The van der Waals surface area contributed by atoms with Crippen LogP contribution in [0.2, 0.25) is 0 Å². The van der Waals surface area contributed by atoms with E-state index in [-0.39, 0.29) is 35.3 Å². The largest absolute Gasteiger partial charge is 0.748 e. The second-order valence-electron chi connectivity index (χ2n) is 13.4. The summed E-state index contributed by atoms with van der Waals surface area (Å²) in [4.78, 5) is 0. The van der Waals surface area contributed by atoms with Crippen molar-refractivity contribution in [1.29, 1.82) is 0 Å². The molecule has 4 rings (SSSR count). The molecule has 4 aromatic carbocycles. The van der Waals surface area contributed by atoms with Crippen molar-refractivity contribution in [2.75, 3.05) is 14.2 Å². The van der Waals surface area contributed by atoms with Gasteiger partial charge in [-0.25, -0.2) is 0 Å². The zero-order valence-corrected chi connectivity index (χ0v) is 31.7. The average molecular weight is 659 g/mol. The molecule has 0 saturated carbocycles. The molecule has 2 unspecified atom stereocenters. The molecule has 0 amide bonds. The summed E-state index contributed by atoms with van der Waals surface area (Å²) in [5.41, 5.74) is 11.7. The Hall–Kier alpha value is -1.88. The third kappa shape index (κ3) is 8.44. The first-order valence-corrected chi connectivity index (χ1v) is 16.9. The number of methoxy groups -OCH3 is 2. The summed E-state index contributed by atoms with van der Waals surface area (Å²) in [5, 5.41) is 1.79. The topological polar surface area (TPSA) is 18.5 Å². The van der Waals surface area contributed by atoms with E-state index in [2.05, 4.69) is 116 Å². The Morgan fingerprint density at radius 3 is 1.44 bits per heavy atom. The number of hydrogen-bond donors (Lipinski definition) is 0. The van der Waals surface area contributed by atoms with Crippen molar-refractivity contribution in [3.63, 3.8) is 0 Å². The minimum atomic E-state index is -0.327. The van der Waals surface area contributed by atoms with Crippen molar-refractivity contribution < 1.29 is 26.5 Å². The van der Waals surface area contributed by atoms with E-state index in [0.717, 1.165) is 22.6 Å². The van der Waals surface area contributed by atoms with Gasteiger partial charge in [0.05, 0.1) is 14.2 Å². The Morgan fingerprint density at radius 1 is 0.721 bits per heavy atom. The van der Waals surface area contributed by atoms with Gasteiger partial charge in [-0.2, -0.15) is 0 Å². The Bertz CT molecular complexity index is 1410. The molecule has 0 aliphatic carbocycles. The van der Waals surface area contributed by atoms with Gasteiger partial charge in [0, 0.05) is 17.1 Å². The van der Waals surface area contributed by atoms with E-state index in [1.54, 1.807) is 14.2 Å². The van der Waals surface area contributed by atoms with Gasteiger partial charge in [0.2, 0.25) is 0 Å². The zero-order valence-electron chi connectivity index (χ0n) is 28.5. The molecule has 0 aliphatic rings. The van der Waals surface area contributed by atoms with Crippen LogP contribution >= 0.6 is 17.2 Å². The molecule has 0 radical (unpaired) electrons. The van der Waals surface area contributed by atoms with E-state index in [4.69, 9.17) is 9.47 Å². The Kier molecular flexibility index (Phi) is 13.0. The number of hydrogen-bond acceptors (Lipinski definition) is 2. The summed E-state index contributed by atoms with van der Waals surface area (Å²) in [6.07, 6.45) is 0. The van der Waals surface area contributed by atoms with Crippen LogP contribution in [-0.2, 0) is 17.1 Å². The van der Waals surface area contributed by atoms with Gasteiger partial charge in [0.15, 0.2) is 0 Å². The summed E-state index contributed by atoms with van der Waals surface area (Å²) < 4.78 is 11.4. The minimum Gasteiger partial charge on any atom is -0.748 e. The number of ether oxygens (including phenoxy) is 2. The zero-order chi connectivity index (χ0) is 31.6. The van der Waals surface area contributed by atoms with Crippen LogP contribution in [0.5, 0.6) is 11.5 Å². The van der Waals surface area contributed by atoms with E-state index in [0.29, 0.717) is 5.66 Å². The normalized spacial score (nSPS) is 12.3. The third-order valence-electron chi connectivity index (χ3n) is 7.92. The first kappa shape index (κ1) is 37.3. The molecule has 0 aromatic heterocycles. The molecule has 0 fully saturated rings. The Balaban J connectivity index is 0.000000973. The van der Waals surface area contributed by atoms with E-state index in [9.17, 15) is 0 Å². The van der Waals surface area contributed by atoms with Crippen LogP contribution in [0.1, 0.15) is 81.9 Å². The summed E-state index contributed by atoms with van der Waals surface area (Å²) in [7, 11) is 6.33. The second kappa shape index (κ2) is 14.9. The molecule has 2 nitrogen and oxygen atoms in total. The number of aryl methyl sites for hydroxylation is 4. The molecular formula is C38H52FeO2P2-6. The number of rotatable bonds is 6. The first-order chi connectivity index (χ1) is 19.5. The Morgan fingerprint density at radius 2 is 1.09 bits per heavy atom. The molecule has 5 heteroatoms. The predicted octanol–water partition coefficient (Wildman–Crippen LogP) is 11.0. The van der Waals surface area contributed by atoms with Gasteiger partial charge in [-0.15, -0.1) is 33.0 Å². The maximum Gasteiger partial charge on any atom is 0.123 e. The van der Waals surface area contributed by atoms with Crippen molar-refractivity contribution in [1.82, 2.24) is 0 Å². The van der Waals surface area contributed by atoms with Crippen LogP contribution in [0.4, 0.5) is 0 Å². The van der Waals surface area contributed by atoms with Gasteiger partial charge in [-0.3, -0.25) is 0 Å². The predicted molar refractivity (Wildman–Crippen MR) is 191 cm³/mol. The summed E-state index contributed by atoms with van der Waals surface area (Å²) >= 11 is 0. The molecular weight excluding hydrogens is 606 g/mol. The molecule has 0 heterocycles. The average Bonchev–Trinajstić information content (AvgIpc) is 3.54. The van der Waals surface area contributed by atoms with E-state index < -0.39 is 0 Å². The van der Waals surface area contributed by atoms with E-state index in [1.807, 2.05) is 30.3 Å². The van der Waals surface area contributed by atoms with Gasteiger partial charge < -0.3 is 39.8 Å². The molecule has 43 heavy (non-hydrogen) atoms. The fourth-order valence-electron chi connectivity index (χ4n) is 6.95. The van der Waals surface area contributed by atoms with Crippen LogP contribution in [0.15, 0.2) is 60.7 Å². The molecule has 240 valence electrons. The van der Waals surface area contributed by atoms with Crippen LogP contribution in [0, 0.1) is 27.7 Å². The molecule has 2 atom stereocenters. The SMILES string of the molecule is COc1c(C)cc(-c2c(P)c(C(C)P(C(C)(C)C)C(C)(C)C)c[c-]2-c2cc(C)c(OC)c(C)c2)cc1C.[Fe].[cH-]1[cH-][cH-][cH-][cH-]1. The number of benzene rings is 2. The molecule has 0 saturated heterocycles. The van der Waals surface area contributed by atoms with Crippen molar-refractivity contribution in [2.24, 2.45) is 0 Å². The van der Waals surface area contributed by atoms with Crippen molar-refractivity contribution in [2.45, 2.75) is 92.1 Å². The maximum atomic E-state index is 5.70. The van der Waals surface area contributed by atoms with Crippen molar-refractivity contribution in [3.05, 3.63) is 88.5 Å². The third-order valence-corrected chi connectivity index (χ3v) is 12.5. The van der Waals surface area contributed by atoms with Gasteiger partial charge in [-0.1, -0.05) is 96.1 Å². The minimum absolute atomic E-state index is 0. The Labute approximate surface area is 276 Å². The molecule has 0 bridgehead atoms. The fourth-order valence-corrected chi connectivity index (χ4v) is 12.6. The van der Waals surface area contributed by atoms with Crippen molar-refractivity contribution >= 4 is 22.5 Å². The van der Waals surface area contributed by atoms with Crippen LogP contribution in [0.25, 0.3) is 22.3 Å². The van der Waals surface area contributed by atoms with Crippen LogP contribution < -0.4 is 14.8 Å². The van der Waals surface area contributed by atoms with Crippen LogP contribution in [0.3, 0.4) is 0 Å². The van der Waals surface area contributed by atoms with Gasteiger partial charge in [-0.05, 0) is 65.9 Å². The molecule has 0 N–H and O–H groups in total. The van der Waals surface area contributed by atoms with Gasteiger partial charge in [0.1, 0.15) is 11.5 Å². The quantitative estimate of drug-likeness (QED) is 0.117. The first-order valence-electron chi connectivity index (χ1n) is 14.9. The van der Waals surface area contributed by atoms with E-state index >= 15 is 0 Å². The molecule has 0 spiro atoms. The van der Waals surface area contributed by atoms with Gasteiger partial charge in [0.25, 0.3) is 0 Å². The van der Waals surface area contributed by atoms with Crippen LogP contribution in [-0.4, -0.2) is 24.5 Å². The summed E-state index contributed by atoms with van der Waals surface area (Å²) in [6, 6.07) is 21.6. The second-order valence-corrected chi connectivity index (χ2v) is 18.2. The summed E-state index contributed by atoms with van der Waals surface area (Å²) in [5.74, 6) is 1.94. The maximum absolute atomic E-state index is 5.70.